The lowest BCUT2D eigenvalue weighted by Gasteiger charge is -2.03. The van der Waals surface area contributed by atoms with E-state index in [1.165, 1.54) is 0 Å². The summed E-state index contributed by atoms with van der Waals surface area (Å²) in [6.07, 6.45) is 8.14. The molecule has 1 nitrogen and oxygen atoms in total. The standard InChI is InChI=1S/C17H12ClN/c18-16-12-15-9-5-4-8-14(17(15)19-16)11-10-13-6-2-1-3-7-13/h1-9,12,14,19H. The first kappa shape index (κ1) is 11.9. The molecule has 1 aromatic heterocycles. The van der Waals surface area contributed by atoms with Crippen LogP contribution in [-0.4, -0.2) is 4.98 Å². The van der Waals surface area contributed by atoms with Gasteiger partial charge >= 0.3 is 0 Å². The van der Waals surface area contributed by atoms with Crippen LogP contribution in [-0.2, 0) is 0 Å². The summed E-state index contributed by atoms with van der Waals surface area (Å²) in [6.45, 7) is 0. The van der Waals surface area contributed by atoms with E-state index >= 15 is 0 Å². The molecule has 0 saturated carbocycles. The molecule has 1 heterocycles. The molecule has 2 heteroatoms. The van der Waals surface area contributed by atoms with Crippen LogP contribution in [0.4, 0.5) is 0 Å². The zero-order valence-electron chi connectivity index (χ0n) is 10.2. The molecule has 1 aliphatic carbocycles. The SMILES string of the molecule is Clc1cc2c([nH]1)C(C#Cc1ccccc1)C=CC=C2. The van der Waals surface area contributed by atoms with Gasteiger partial charge in [-0.2, -0.15) is 0 Å². The van der Waals surface area contributed by atoms with Gasteiger partial charge < -0.3 is 4.98 Å². The molecule has 1 atom stereocenters. The van der Waals surface area contributed by atoms with Gasteiger partial charge in [0.05, 0.1) is 5.92 Å². The average molecular weight is 266 g/mol. The lowest BCUT2D eigenvalue weighted by Crippen LogP contribution is -1.94. The van der Waals surface area contributed by atoms with Crippen molar-refractivity contribution in [2.45, 2.75) is 5.92 Å². The Morgan fingerprint density at radius 2 is 1.95 bits per heavy atom. The van der Waals surface area contributed by atoms with Crippen LogP contribution in [0, 0.1) is 11.8 Å². The molecule has 0 aliphatic heterocycles. The Kier molecular flexibility index (Phi) is 3.27. The van der Waals surface area contributed by atoms with Crippen molar-refractivity contribution in [3.05, 3.63) is 76.6 Å². The molecule has 0 amide bonds. The van der Waals surface area contributed by atoms with Gasteiger partial charge in [0.25, 0.3) is 0 Å². The average Bonchev–Trinajstić information content (AvgIpc) is 2.70. The van der Waals surface area contributed by atoms with Crippen molar-refractivity contribution >= 4 is 17.7 Å². The van der Waals surface area contributed by atoms with Gasteiger partial charge in [0.2, 0.25) is 0 Å². The highest BCUT2D eigenvalue weighted by atomic mass is 35.5. The number of aromatic nitrogens is 1. The van der Waals surface area contributed by atoms with Crippen molar-refractivity contribution < 1.29 is 0 Å². The fourth-order valence-electron chi connectivity index (χ4n) is 2.08. The number of H-pyrrole nitrogens is 1. The molecular formula is C17H12ClN. The molecule has 0 fully saturated rings. The third-order valence-electron chi connectivity index (χ3n) is 2.99. The molecule has 1 N–H and O–H groups in total. The number of benzene rings is 1. The molecular weight excluding hydrogens is 254 g/mol. The van der Waals surface area contributed by atoms with Gasteiger partial charge in [-0.3, -0.25) is 0 Å². The zero-order valence-corrected chi connectivity index (χ0v) is 11.0. The highest BCUT2D eigenvalue weighted by molar-refractivity contribution is 6.29. The number of aromatic amines is 1. The van der Waals surface area contributed by atoms with E-state index in [1.54, 1.807) is 0 Å². The summed E-state index contributed by atoms with van der Waals surface area (Å²) in [7, 11) is 0. The predicted octanol–water partition coefficient (Wildman–Crippen LogP) is 4.39. The molecule has 0 saturated heterocycles. The van der Waals surface area contributed by atoms with Crippen LogP contribution in [0.5, 0.6) is 0 Å². The second-order valence-electron chi connectivity index (χ2n) is 4.34. The molecule has 2 aromatic rings. The van der Waals surface area contributed by atoms with Gasteiger partial charge in [0, 0.05) is 11.3 Å². The molecule has 1 aliphatic rings. The Morgan fingerprint density at radius 3 is 2.79 bits per heavy atom. The van der Waals surface area contributed by atoms with Gasteiger partial charge in [0.15, 0.2) is 0 Å². The Hall–Kier alpha value is -2.17. The number of hydrogen-bond acceptors (Lipinski definition) is 0. The first-order valence-electron chi connectivity index (χ1n) is 6.13. The second-order valence-corrected chi connectivity index (χ2v) is 4.75. The Bertz CT molecular complexity index is 696. The van der Waals surface area contributed by atoms with Crippen LogP contribution in [0.3, 0.4) is 0 Å². The highest BCUT2D eigenvalue weighted by Gasteiger charge is 2.13. The first-order valence-corrected chi connectivity index (χ1v) is 6.50. The first-order chi connectivity index (χ1) is 9.33. The van der Waals surface area contributed by atoms with Gasteiger partial charge in [-0.25, -0.2) is 0 Å². The largest absolute Gasteiger partial charge is 0.348 e. The summed E-state index contributed by atoms with van der Waals surface area (Å²) in [5, 5.41) is 0.650. The van der Waals surface area contributed by atoms with E-state index in [2.05, 4.69) is 22.9 Å². The van der Waals surface area contributed by atoms with Crippen molar-refractivity contribution in [3.8, 4) is 11.8 Å². The maximum Gasteiger partial charge on any atom is 0.107 e. The summed E-state index contributed by atoms with van der Waals surface area (Å²) in [4.78, 5) is 3.18. The van der Waals surface area contributed by atoms with Crippen molar-refractivity contribution in [3.63, 3.8) is 0 Å². The summed E-state index contributed by atoms with van der Waals surface area (Å²) in [5.74, 6) is 6.52. The van der Waals surface area contributed by atoms with E-state index in [1.807, 2.05) is 54.6 Å². The smallest absolute Gasteiger partial charge is 0.107 e. The summed E-state index contributed by atoms with van der Waals surface area (Å²) < 4.78 is 0. The van der Waals surface area contributed by atoms with Crippen LogP contribution in [0.1, 0.15) is 22.7 Å². The van der Waals surface area contributed by atoms with Gasteiger partial charge in [0.1, 0.15) is 5.15 Å². The molecule has 0 radical (unpaired) electrons. The summed E-state index contributed by atoms with van der Waals surface area (Å²) in [5.41, 5.74) is 3.17. The predicted molar refractivity (Wildman–Crippen MR) is 80.0 cm³/mol. The quantitative estimate of drug-likeness (QED) is 0.680. The number of rotatable bonds is 0. The number of allylic oxidation sites excluding steroid dienone is 3. The molecule has 0 spiro atoms. The maximum atomic E-state index is 6.02. The molecule has 1 aromatic carbocycles. The Labute approximate surface area is 117 Å². The monoisotopic (exact) mass is 265 g/mol. The fourth-order valence-corrected chi connectivity index (χ4v) is 2.30. The zero-order chi connectivity index (χ0) is 13.1. The van der Waals surface area contributed by atoms with Crippen molar-refractivity contribution in [1.82, 2.24) is 4.98 Å². The van der Waals surface area contributed by atoms with E-state index in [-0.39, 0.29) is 5.92 Å². The van der Waals surface area contributed by atoms with E-state index < -0.39 is 0 Å². The lowest BCUT2D eigenvalue weighted by atomic mass is 10.0. The van der Waals surface area contributed by atoms with Crippen molar-refractivity contribution in [1.29, 1.82) is 0 Å². The third kappa shape index (κ3) is 2.65. The Balaban J connectivity index is 1.96. The molecule has 3 rings (SSSR count). The number of nitrogens with one attached hydrogen (secondary N) is 1. The number of fused-ring (bicyclic) bond motifs is 1. The van der Waals surface area contributed by atoms with Crippen LogP contribution in [0.15, 0.2) is 54.6 Å². The van der Waals surface area contributed by atoms with E-state index in [9.17, 15) is 0 Å². The number of hydrogen-bond donors (Lipinski definition) is 1. The van der Waals surface area contributed by atoms with Gasteiger partial charge in [-0.15, -0.1) is 0 Å². The van der Waals surface area contributed by atoms with Crippen molar-refractivity contribution in [2.24, 2.45) is 0 Å². The third-order valence-corrected chi connectivity index (χ3v) is 3.20. The van der Waals surface area contributed by atoms with Crippen molar-refractivity contribution in [2.75, 3.05) is 0 Å². The van der Waals surface area contributed by atoms with Crippen LogP contribution < -0.4 is 0 Å². The molecule has 92 valence electrons. The van der Waals surface area contributed by atoms with Crippen LogP contribution in [0.2, 0.25) is 5.15 Å². The maximum absolute atomic E-state index is 6.02. The number of halogens is 1. The van der Waals surface area contributed by atoms with E-state index in [0.29, 0.717) is 5.15 Å². The minimum atomic E-state index is 0.0395. The molecule has 19 heavy (non-hydrogen) atoms. The Morgan fingerprint density at radius 1 is 1.11 bits per heavy atom. The van der Waals surface area contributed by atoms with Gasteiger partial charge in [-0.1, -0.05) is 65.9 Å². The van der Waals surface area contributed by atoms with Crippen LogP contribution >= 0.6 is 11.6 Å². The minimum absolute atomic E-state index is 0.0395. The van der Waals surface area contributed by atoms with E-state index in [0.717, 1.165) is 16.8 Å². The summed E-state index contributed by atoms with van der Waals surface area (Å²) >= 11 is 6.02. The molecule has 0 bridgehead atoms. The second kappa shape index (κ2) is 5.22. The lowest BCUT2D eigenvalue weighted by molar-refractivity contribution is 1.05. The fraction of sp³-hybridized carbons (Fsp3) is 0.0588. The van der Waals surface area contributed by atoms with Gasteiger partial charge in [-0.05, 0) is 23.8 Å². The molecule has 1 unspecified atom stereocenters. The topological polar surface area (TPSA) is 15.8 Å². The van der Waals surface area contributed by atoms with Crippen LogP contribution in [0.25, 0.3) is 6.08 Å². The van der Waals surface area contributed by atoms with E-state index in [4.69, 9.17) is 11.6 Å². The normalized spacial score (nSPS) is 16.4. The summed E-state index contributed by atoms with van der Waals surface area (Å²) in [6, 6.07) is 11.9. The minimum Gasteiger partial charge on any atom is -0.348 e. The highest BCUT2D eigenvalue weighted by Crippen LogP contribution is 2.27.